The standard InChI is InChI=1S/C15H31NO4S/c1-3-4-5-6-7-8-9-10-14(17)16-13(15(18)19)11-12-21(2)20/h13-14,16-17H,3-12H2,1-2H3,(H,18,19)/t13-,14?,21?/m0/s1. The highest BCUT2D eigenvalue weighted by Crippen LogP contribution is 2.09. The van der Waals surface area contributed by atoms with E-state index in [0.29, 0.717) is 12.2 Å². The van der Waals surface area contributed by atoms with Crippen LogP contribution in [0.15, 0.2) is 0 Å². The fourth-order valence-corrected chi connectivity index (χ4v) is 2.74. The Labute approximate surface area is 131 Å². The van der Waals surface area contributed by atoms with Crippen molar-refractivity contribution in [2.75, 3.05) is 12.0 Å². The molecule has 0 aromatic rings. The summed E-state index contributed by atoms with van der Waals surface area (Å²) in [6, 6.07) is -0.826. The second kappa shape index (κ2) is 13.2. The third-order valence-electron chi connectivity index (χ3n) is 3.47. The summed E-state index contributed by atoms with van der Waals surface area (Å²) in [6.45, 7) is 2.19. The lowest BCUT2D eigenvalue weighted by Gasteiger charge is -2.19. The van der Waals surface area contributed by atoms with Crippen LogP contribution >= 0.6 is 0 Å². The van der Waals surface area contributed by atoms with Crippen LogP contribution in [0.5, 0.6) is 0 Å². The van der Waals surface area contributed by atoms with Gasteiger partial charge >= 0.3 is 5.97 Å². The Morgan fingerprint density at radius 3 is 2.19 bits per heavy atom. The van der Waals surface area contributed by atoms with Gasteiger partial charge in [-0.1, -0.05) is 45.4 Å². The van der Waals surface area contributed by atoms with Crippen LogP contribution in [0.1, 0.15) is 64.7 Å². The molecule has 5 nitrogen and oxygen atoms in total. The zero-order valence-electron chi connectivity index (χ0n) is 13.3. The third-order valence-corrected chi connectivity index (χ3v) is 4.28. The van der Waals surface area contributed by atoms with Crippen molar-refractivity contribution in [3.05, 3.63) is 0 Å². The largest absolute Gasteiger partial charge is 0.480 e. The molecule has 3 atom stereocenters. The molecule has 126 valence electrons. The van der Waals surface area contributed by atoms with Crippen molar-refractivity contribution >= 4 is 16.8 Å². The normalized spacial score (nSPS) is 15.6. The number of carboxylic acids is 1. The van der Waals surface area contributed by atoms with Crippen LogP contribution in [-0.2, 0) is 15.6 Å². The van der Waals surface area contributed by atoms with Gasteiger partial charge in [-0.15, -0.1) is 0 Å². The molecule has 0 aliphatic heterocycles. The van der Waals surface area contributed by atoms with E-state index >= 15 is 0 Å². The number of hydrogen-bond donors (Lipinski definition) is 3. The quantitative estimate of drug-likeness (QED) is 0.337. The molecule has 3 N–H and O–H groups in total. The van der Waals surface area contributed by atoms with E-state index in [1.165, 1.54) is 32.1 Å². The second-order valence-electron chi connectivity index (χ2n) is 5.55. The number of aliphatic carboxylic acids is 1. The average molecular weight is 321 g/mol. The molecule has 21 heavy (non-hydrogen) atoms. The fourth-order valence-electron chi connectivity index (χ4n) is 2.17. The van der Waals surface area contributed by atoms with Crippen molar-refractivity contribution in [3.63, 3.8) is 0 Å². The summed E-state index contributed by atoms with van der Waals surface area (Å²) in [5.41, 5.74) is 0. The van der Waals surface area contributed by atoms with Gasteiger partial charge in [0, 0.05) is 22.8 Å². The van der Waals surface area contributed by atoms with Gasteiger partial charge in [0.2, 0.25) is 0 Å². The molecule has 2 unspecified atom stereocenters. The molecule has 0 aromatic heterocycles. The van der Waals surface area contributed by atoms with Crippen LogP contribution in [0.25, 0.3) is 0 Å². The molecule has 6 heteroatoms. The third kappa shape index (κ3) is 13.0. The van der Waals surface area contributed by atoms with Gasteiger partial charge in [-0.2, -0.15) is 0 Å². The highest BCUT2D eigenvalue weighted by molar-refractivity contribution is 7.84. The first-order valence-electron chi connectivity index (χ1n) is 7.94. The minimum atomic E-state index is -1.01. The SMILES string of the molecule is CCCCCCCCCC(O)N[C@@H](CCS(C)=O)C(=O)O. The molecule has 0 aliphatic carbocycles. The summed E-state index contributed by atoms with van der Waals surface area (Å²) >= 11 is 0. The Hall–Kier alpha value is -0.460. The van der Waals surface area contributed by atoms with Gasteiger partial charge in [0.25, 0.3) is 0 Å². The Morgan fingerprint density at radius 2 is 1.67 bits per heavy atom. The smallest absolute Gasteiger partial charge is 0.320 e. The Morgan fingerprint density at radius 1 is 1.10 bits per heavy atom. The number of hydrogen-bond acceptors (Lipinski definition) is 4. The van der Waals surface area contributed by atoms with E-state index < -0.39 is 29.0 Å². The molecule has 0 saturated heterocycles. The second-order valence-corrected chi connectivity index (χ2v) is 7.10. The zero-order chi connectivity index (χ0) is 16.1. The monoisotopic (exact) mass is 321 g/mol. The van der Waals surface area contributed by atoms with Crippen molar-refractivity contribution in [1.82, 2.24) is 5.32 Å². The lowest BCUT2D eigenvalue weighted by molar-refractivity contribution is -0.140. The van der Waals surface area contributed by atoms with Crippen molar-refractivity contribution in [2.45, 2.75) is 77.0 Å². The number of rotatable bonds is 14. The molecular formula is C15H31NO4S. The van der Waals surface area contributed by atoms with Crippen LogP contribution < -0.4 is 5.32 Å². The summed E-state index contributed by atoms with van der Waals surface area (Å²) in [6.07, 6.45) is 9.74. The summed E-state index contributed by atoms with van der Waals surface area (Å²) in [5.74, 6) is -0.673. The molecule has 0 fully saturated rings. The number of carbonyl (C=O) groups is 1. The van der Waals surface area contributed by atoms with Crippen LogP contribution in [0.4, 0.5) is 0 Å². The minimum Gasteiger partial charge on any atom is -0.480 e. The average Bonchev–Trinajstić information content (AvgIpc) is 2.41. The van der Waals surface area contributed by atoms with Crippen LogP contribution in [0.3, 0.4) is 0 Å². The first-order valence-corrected chi connectivity index (χ1v) is 9.67. The molecule has 0 rings (SSSR count). The number of aliphatic hydroxyl groups is 1. The maximum absolute atomic E-state index is 11.1. The predicted octanol–water partition coefficient (Wildman–Crippen LogP) is 2.26. The molecule has 0 amide bonds. The molecule has 0 radical (unpaired) electrons. The minimum absolute atomic E-state index is 0.270. The van der Waals surface area contributed by atoms with Gasteiger partial charge in [0.15, 0.2) is 0 Å². The van der Waals surface area contributed by atoms with Gasteiger partial charge < -0.3 is 10.2 Å². The molecular weight excluding hydrogens is 290 g/mol. The van der Waals surface area contributed by atoms with Crippen LogP contribution in [0.2, 0.25) is 0 Å². The number of nitrogens with one attached hydrogen (secondary N) is 1. The van der Waals surface area contributed by atoms with E-state index in [0.717, 1.165) is 12.8 Å². The van der Waals surface area contributed by atoms with Crippen molar-refractivity contribution < 1.29 is 19.2 Å². The van der Waals surface area contributed by atoms with Gasteiger partial charge in [0.05, 0.1) is 0 Å². The predicted molar refractivity (Wildman–Crippen MR) is 86.7 cm³/mol. The topological polar surface area (TPSA) is 86.6 Å². The van der Waals surface area contributed by atoms with E-state index in [9.17, 15) is 14.1 Å². The summed E-state index contributed by atoms with van der Waals surface area (Å²) in [7, 11) is -1.01. The summed E-state index contributed by atoms with van der Waals surface area (Å²) in [5, 5.41) is 21.6. The van der Waals surface area contributed by atoms with Crippen molar-refractivity contribution in [1.29, 1.82) is 0 Å². The molecule has 0 aromatic carbocycles. The summed E-state index contributed by atoms with van der Waals surface area (Å²) in [4.78, 5) is 11.1. The van der Waals surface area contributed by atoms with E-state index in [1.54, 1.807) is 6.26 Å². The molecule has 0 saturated carbocycles. The van der Waals surface area contributed by atoms with Gasteiger partial charge in [-0.05, 0) is 19.3 Å². The molecule has 0 heterocycles. The first-order chi connectivity index (χ1) is 9.97. The van der Waals surface area contributed by atoms with Crippen molar-refractivity contribution in [3.8, 4) is 0 Å². The molecule has 0 spiro atoms. The highest BCUT2D eigenvalue weighted by atomic mass is 32.2. The molecule has 0 bridgehead atoms. The molecule has 0 aliphatic rings. The van der Waals surface area contributed by atoms with E-state index in [4.69, 9.17) is 5.11 Å². The zero-order valence-corrected chi connectivity index (χ0v) is 14.2. The Kier molecular flexibility index (Phi) is 12.9. The number of unbranched alkanes of at least 4 members (excludes halogenated alkanes) is 6. The Bertz CT molecular complexity index is 299. The van der Waals surface area contributed by atoms with Gasteiger partial charge in [-0.25, -0.2) is 0 Å². The van der Waals surface area contributed by atoms with Gasteiger partial charge in [-0.3, -0.25) is 14.3 Å². The highest BCUT2D eigenvalue weighted by Gasteiger charge is 2.20. The lowest BCUT2D eigenvalue weighted by Crippen LogP contribution is -2.44. The first kappa shape index (κ1) is 20.5. The van der Waals surface area contributed by atoms with E-state index in [2.05, 4.69) is 12.2 Å². The van der Waals surface area contributed by atoms with E-state index in [-0.39, 0.29) is 6.42 Å². The number of aliphatic hydroxyl groups excluding tert-OH is 1. The fraction of sp³-hybridized carbons (Fsp3) is 0.933. The van der Waals surface area contributed by atoms with Crippen LogP contribution in [-0.4, -0.2) is 44.7 Å². The van der Waals surface area contributed by atoms with Crippen LogP contribution in [0, 0.1) is 0 Å². The Balaban J connectivity index is 3.75. The maximum atomic E-state index is 11.1. The van der Waals surface area contributed by atoms with Gasteiger partial charge in [0.1, 0.15) is 12.3 Å². The van der Waals surface area contributed by atoms with E-state index in [1.807, 2.05) is 0 Å². The van der Waals surface area contributed by atoms with Crippen molar-refractivity contribution in [2.24, 2.45) is 0 Å². The maximum Gasteiger partial charge on any atom is 0.320 e. The lowest BCUT2D eigenvalue weighted by atomic mass is 10.1. The summed E-state index contributed by atoms with van der Waals surface area (Å²) < 4.78 is 11.0. The number of carboxylic acid groups (broad SMARTS) is 1.